The number of halogens is 1. The molecule has 1 aliphatic rings. The Morgan fingerprint density at radius 1 is 1.35 bits per heavy atom. The highest BCUT2D eigenvalue weighted by atomic mass is 19.1. The smallest absolute Gasteiger partial charge is 0.275 e. The number of nitrogens with zero attached hydrogens (tertiary/aromatic N) is 4. The number of rotatable bonds is 6. The summed E-state index contributed by atoms with van der Waals surface area (Å²) in [6.07, 6.45) is 0.569. The highest BCUT2D eigenvalue weighted by Crippen LogP contribution is 2.28. The molecule has 4 N–H and O–H groups in total. The first-order chi connectivity index (χ1) is 14.9. The third-order valence-electron chi connectivity index (χ3n) is 5.46. The van der Waals surface area contributed by atoms with Crippen molar-refractivity contribution >= 4 is 22.8 Å². The molecule has 2 heterocycles. The molecule has 1 fully saturated rings. The van der Waals surface area contributed by atoms with Crippen LogP contribution in [0.2, 0.25) is 0 Å². The number of nitrogens with one attached hydrogen (secondary N) is 2. The molecule has 1 saturated carbocycles. The number of carbonyl (C=O) groups excluding carboxylic acids is 1. The molecular weight excluding hydrogens is 407 g/mol. The van der Waals surface area contributed by atoms with E-state index in [1.807, 2.05) is 0 Å². The van der Waals surface area contributed by atoms with Crippen molar-refractivity contribution in [1.82, 2.24) is 25.1 Å². The number of aliphatic hydroxyl groups is 2. The molecule has 0 aliphatic heterocycles. The summed E-state index contributed by atoms with van der Waals surface area (Å²) in [4.78, 5) is 22.9. The third-order valence-corrected chi connectivity index (χ3v) is 5.46. The van der Waals surface area contributed by atoms with Crippen molar-refractivity contribution in [3.05, 3.63) is 41.6 Å². The van der Waals surface area contributed by atoms with Crippen molar-refractivity contribution in [3.8, 4) is 5.75 Å². The maximum Gasteiger partial charge on any atom is 0.275 e. The lowest BCUT2D eigenvalue weighted by molar-refractivity contribution is 0.0392. The number of aromatic nitrogens is 4. The second-order valence-electron chi connectivity index (χ2n) is 7.52. The van der Waals surface area contributed by atoms with E-state index < -0.39 is 30.0 Å². The van der Waals surface area contributed by atoms with E-state index >= 15 is 0 Å². The van der Waals surface area contributed by atoms with Crippen LogP contribution < -0.4 is 10.1 Å². The van der Waals surface area contributed by atoms with E-state index in [1.54, 1.807) is 7.05 Å². The Bertz CT molecular complexity index is 1110. The number of hydrogen-bond donors (Lipinski definition) is 4. The Hall–Kier alpha value is -3.31. The molecule has 0 bridgehead atoms. The zero-order chi connectivity index (χ0) is 22.1. The van der Waals surface area contributed by atoms with Crippen LogP contribution in [-0.2, 0) is 6.54 Å². The largest absolute Gasteiger partial charge is 0.496 e. The predicted molar refractivity (Wildman–Crippen MR) is 109 cm³/mol. The molecule has 1 amide bonds. The molecule has 0 unspecified atom stereocenters. The summed E-state index contributed by atoms with van der Waals surface area (Å²) in [5.74, 6) is -0.0640. The van der Waals surface area contributed by atoms with Crippen molar-refractivity contribution in [2.45, 2.75) is 37.6 Å². The number of fused-ring (bicyclic) bond motifs is 1. The zero-order valence-electron chi connectivity index (χ0n) is 17.0. The summed E-state index contributed by atoms with van der Waals surface area (Å²) >= 11 is 0. The van der Waals surface area contributed by atoms with Crippen LogP contribution in [0.25, 0.3) is 11.0 Å². The minimum absolute atomic E-state index is 0.0870. The van der Waals surface area contributed by atoms with E-state index in [-0.39, 0.29) is 12.2 Å². The number of amides is 1. The normalized spacial score (nSPS) is 20.7. The molecule has 0 spiro atoms. The van der Waals surface area contributed by atoms with Crippen LogP contribution >= 0.6 is 0 Å². The van der Waals surface area contributed by atoms with Gasteiger partial charge in [0.15, 0.2) is 11.3 Å². The van der Waals surface area contributed by atoms with E-state index in [2.05, 4.69) is 25.5 Å². The van der Waals surface area contributed by atoms with Crippen LogP contribution in [0.5, 0.6) is 5.75 Å². The first-order valence-corrected chi connectivity index (χ1v) is 9.78. The van der Waals surface area contributed by atoms with Crippen LogP contribution in [0.3, 0.4) is 0 Å². The van der Waals surface area contributed by atoms with Gasteiger partial charge in [-0.25, -0.2) is 14.4 Å². The third kappa shape index (κ3) is 4.01. The average Bonchev–Trinajstić information content (AvgIpc) is 3.33. The van der Waals surface area contributed by atoms with Crippen molar-refractivity contribution in [2.75, 3.05) is 19.5 Å². The monoisotopic (exact) mass is 430 g/mol. The molecule has 11 heteroatoms. The second-order valence-corrected chi connectivity index (χ2v) is 7.52. The van der Waals surface area contributed by atoms with Gasteiger partial charge in [0, 0.05) is 19.2 Å². The summed E-state index contributed by atoms with van der Waals surface area (Å²) in [5.41, 5.74) is 0.950. The fourth-order valence-electron chi connectivity index (χ4n) is 3.80. The lowest BCUT2D eigenvalue weighted by Crippen LogP contribution is -2.34. The van der Waals surface area contributed by atoms with Crippen molar-refractivity contribution in [3.63, 3.8) is 0 Å². The Labute approximate surface area is 177 Å². The lowest BCUT2D eigenvalue weighted by Gasteiger charge is -2.20. The molecular formula is C20H23FN6O4. The average molecular weight is 430 g/mol. The van der Waals surface area contributed by atoms with Crippen LogP contribution in [0.1, 0.15) is 28.9 Å². The summed E-state index contributed by atoms with van der Waals surface area (Å²) in [5, 5.41) is 30.2. The highest BCUT2D eigenvalue weighted by molar-refractivity contribution is 6.07. The molecule has 1 aromatic carbocycles. The fourth-order valence-corrected chi connectivity index (χ4v) is 3.80. The molecule has 4 rings (SSSR count). The van der Waals surface area contributed by atoms with Crippen LogP contribution in [0.15, 0.2) is 24.5 Å². The number of carbonyl (C=O) groups is 1. The first-order valence-electron chi connectivity index (χ1n) is 9.78. The SMILES string of the molecule is COc1ccc(F)cc1CN(C)C(=O)c1n[nH]c2ncnc(N[C@@H]3CC[C@@H](O)[C@H]3O)c12. The van der Waals surface area contributed by atoms with E-state index in [1.165, 1.54) is 36.5 Å². The van der Waals surface area contributed by atoms with Crippen LogP contribution in [0.4, 0.5) is 10.2 Å². The molecule has 2 aromatic heterocycles. The number of anilines is 1. The Morgan fingerprint density at radius 2 is 2.16 bits per heavy atom. The van der Waals surface area contributed by atoms with Crippen LogP contribution in [0, 0.1) is 5.82 Å². The van der Waals surface area contributed by atoms with E-state index in [0.29, 0.717) is 41.0 Å². The molecule has 31 heavy (non-hydrogen) atoms. The predicted octanol–water partition coefficient (Wildman–Crippen LogP) is 1.07. The number of benzene rings is 1. The van der Waals surface area contributed by atoms with Gasteiger partial charge in [-0.05, 0) is 31.0 Å². The van der Waals surface area contributed by atoms with Gasteiger partial charge in [0.25, 0.3) is 5.91 Å². The molecule has 3 atom stereocenters. The lowest BCUT2D eigenvalue weighted by atomic mass is 10.1. The number of methoxy groups -OCH3 is 1. The van der Waals surface area contributed by atoms with Crippen molar-refractivity contribution < 1.29 is 24.1 Å². The quantitative estimate of drug-likeness (QED) is 0.456. The van der Waals surface area contributed by atoms with Gasteiger partial charge in [-0.3, -0.25) is 9.89 Å². The van der Waals surface area contributed by atoms with Crippen LogP contribution in [-0.4, -0.2) is 73.6 Å². The maximum absolute atomic E-state index is 13.7. The minimum atomic E-state index is -0.945. The molecule has 1 aliphatic carbocycles. The fraction of sp³-hybridized carbons (Fsp3) is 0.400. The van der Waals surface area contributed by atoms with E-state index in [9.17, 15) is 19.4 Å². The van der Waals surface area contributed by atoms with Crippen molar-refractivity contribution in [1.29, 1.82) is 0 Å². The van der Waals surface area contributed by atoms with E-state index in [4.69, 9.17) is 4.74 Å². The van der Waals surface area contributed by atoms with Gasteiger partial charge in [0.2, 0.25) is 0 Å². The molecule has 0 saturated heterocycles. The summed E-state index contributed by atoms with van der Waals surface area (Å²) < 4.78 is 18.9. The van der Waals surface area contributed by atoms with Crippen molar-refractivity contribution in [2.24, 2.45) is 0 Å². The molecule has 3 aromatic rings. The Kier molecular flexibility index (Phi) is 5.70. The van der Waals surface area contributed by atoms with Gasteiger partial charge in [-0.1, -0.05) is 0 Å². The maximum atomic E-state index is 13.7. The molecule has 0 radical (unpaired) electrons. The highest BCUT2D eigenvalue weighted by Gasteiger charge is 2.34. The first kappa shape index (κ1) is 20.9. The van der Waals surface area contributed by atoms with Gasteiger partial charge < -0.3 is 25.2 Å². The standard InChI is InChI=1S/C20H23FN6O4/c1-27(8-10-7-11(21)3-6-14(10)31-2)20(30)16-15-18(22-9-23-19(15)26-25-16)24-12-4-5-13(28)17(12)29/h3,6-7,9,12-13,17,28-29H,4-5,8H2,1-2H3,(H2,22,23,24,25,26)/t12-,13-,17+/m1/s1. The Morgan fingerprint density at radius 3 is 2.87 bits per heavy atom. The zero-order valence-corrected chi connectivity index (χ0v) is 17.0. The second kappa shape index (κ2) is 8.44. The topological polar surface area (TPSA) is 136 Å². The number of H-pyrrole nitrogens is 1. The summed E-state index contributed by atoms with van der Waals surface area (Å²) in [6, 6.07) is 3.69. The van der Waals surface area contributed by atoms with E-state index in [0.717, 1.165) is 0 Å². The number of aliphatic hydroxyl groups excluding tert-OH is 2. The molecule has 164 valence electrons. The summed E-state index contributed by atoms with van der Waals surface area (Å²) in [6.45, 7) is 0.0953. The van der Waals surface area contributed by atoms with Gasteiger partial charge in [-0.15, -0.1) is 0 Å². The minimum Gasteiger partial charge on any atom is -0.496 e. The van der Waals surface area contributed by atoms with Gasteiger partial charge in [0.05, 0.1) is 30.7 Å². The van der Waals surface area contributed by atoms with Gasteiger partial charge in [0.1, 0.15) is 23.7 Å². The number of hydrogen-bond acceptors (Lipinski definition) is 8. The number of ether oxygens (including phenoxy) is 1. The Balaban J connectivity index is 1.62. The summed E-state index contributed by atoms with van der Waals surface area (Å²) in [7, 11) is 3.05. The molecule has 10 nitrogen and oxygen atoms in total. The van der Waals surface area contributed by atoms with Gasteiger partial charge in [-0.2, -0.15) is 5.10 Å². The number of aromatic amines is 1. The van der Waals surface area contributed by atoms with Gasteiger partial charge >= 0.3 is 0 Å².